The minimum atomic E-state index is -0.922. The van der Waals surface area contributed by atoms with E-state index in [2.05, 4.69) is 13.8 Å². The third-order valence-electron chi connectivity index (χ3n) is 4.60. The second-order valence-corrected chi connectivity index (χ2v) is 5.96. The van der Waals surface area contributed by atoms with Gasteiger partial charge < -0.3 is 14.9 Å². The number of amides is 2. The summed E-state index contributed by atoms with van der Waals surface area (Å²) in [6.45, 7) is 7.43. The van der Waals surface area contributed by atoms with Gasteiger partial charge in [-0.3, -0.25) is 4.79 Å². The predicted octanol–water partition coefficient (Wildman–Crippen LogP) is 3.19. The molecule has 0 bridgehead atoms. The maximum atomic E-state index is 12.8. The average molecular weight is 298 g/mol. The van der Waals surface area contributed by atoms with Crippen LogP contribution in [0.2, 0.25) is 0 Å². The zero-order valence-electron chi connectivity index (χ0n) is 13.7. The lowest BCUT2D eigenvalue weighted by Crippen LogP contribution is -2.50. The molecule has 0 aliphatic heterocycles. The molecule has 5 heteroatoms. The van der Waals surface area contributed by atoms with Crippen molar-refractivity contribution in [3.05, 3.63) is 0 Å². The molecule has 0 radical (unpaired) electrons. The summed E-state index contributed by atoms with van der Waals surface area (Å²) in [7, 11) is 0. The fraction of sp³-hybridized carbons (Fsp3) is 0.875. The van der Waals surface area contributed by atoms with Crippen LogP contribution in [0.15, 0.2) is 0 Å². The number of carboxylic acids is 1. The van der Waals surface area contributed by atoms with Gasteiger partial charge in [0, 0.05) is 19.1 Å². The fourth-order valence-corrected chi connectivity index (χ4v) is 3.10. The van der Waals surface area contributed by atoms with Gasteiger partial charge in [-0.05, 0) is 25.7 Å². The first-order valence-electron chi connectivity index (χ1n) is 8.30. The highest BCUT2D eigenvalue weighted by molar-refractivity contribution is 5.80. The molecule has 1 aliphatic rings. The van der Waals surface area contributed by atoms with Crippen LogP contribution < -0.4 is 0 Å². The molecule has 0 aromatic heterocycles. The topological polar surface area (TPSA) is 60.9 Å². The van der Waals surface area contributed by atoms with Crippen molar-refractivity contribution in [3.8, 4) is 0 Å². The molecule has 1 aliphatic carbocycles. The van der Waals surface area contributed by atoms with E-state index in [9.17, 15) is 9.59 Å². The maximum Gasteiger partial charge on any atom is 0.323 e. The molecule has 0 aromatic rings. The van der Waals surface area contributed by atoms with Crippen molar-refractivity contribution in [1.82, 2.24) is 9.80 Å². The third kappa shape index (κ3) is 5.21. The van der Waals surface area contributed by atoms with Crippen LogP contribution in [0.25, 0.3) is 0 Å². The van der Waals surface area contributed by atoms with Crippen molar-refractivity contribution in [1.29, 1.82) is 0 Å². The van der Waals surface area contributed by atoms with Gasteiger partial charge in [-0.25, -0.2) is 4.79 Å². The summed E-state index contributed by atoms with van der Waals surface area (Å²) < 4.78 is 0. The molecule has 0 spiro atoms. The van der Waals surface area contributed by atoms with E-state index in [0.29, 0.717) is 12.5 Å². The predicted molar refractivity (Wildman–Crippen MR) is 83.3 cm³/mol. The molecule has 1 saturated carbocycles. The quantitative estimate of drug-likeness (QED) is 0.748. The molecule has 122 valence electrons. The van der Waals surface area contributed by atoms with E-state index in [1.807, 2.05) is 11.8 Å². The summed E-state index contributed by atoms with van der Waals surface area (Å²) >= 11 is 0. The number of rotatable bonds is 8. The highest BCUT2D eigenvalue weighted by Gasteiger charge is 2.31. The first-order valence-corrected chi connectivity index (χ1v) is 8.30. The lowest BCUT2D eigenvalue weighted by molar-refractivity contribution is -0.138. The van der Waals surface area contributed by atoms with Crippen molar-refractivity contribution in [2.75, 3.05) is 19.6 Å². The summed E-state index contributed by atoms with van der Waals surface area (Å²) in [6.07, 6.45) is 6.13. The summed E-state index contributed by atoms with van der Waals surface area (Å²) in [5.74, 6) is -0.432. The van der Waals surface area contributed by atoms with Crippen molar-refractivity contribution < 1.29 is 14.7 Å². The second-order valence-electron chi connectivity index (χ2n) is 5.96. The van der Waals surface area contributed by atoms with E-state index in [-0.39, 0.29) is 18.6 Å². The van der Waals surface area contributed by atoms with Gasteiger partial charge in [0.05, 0.1) is 0 Å². The molecule has 2 amide bonds. The maximum absolute atomic E-state index is 12.8. The average Bonchev–Trinajstić information content (AvgIpc) is 2.99. The van der Waals surface area contributed by atoms with Crippen LogP contribution in [0.4, 0.5) is 4.79 Å². The third-order valence-corrected chi connectivity index (χ3v) is 4.60. The van der Waals surface area contributed by atoms with Crippen LogP contribution >= 0.6 is 0 Å². The number of carbonyl (C=O) groups is 2. The SMILES string of the molecule is CCC(CC)CN(CC)C(=O)N(CC(=O)O)C1CCCC1. The van der Waals surface area contributed by atoms with Gasteiger partial charge in [0.25, 0.3) is 0 Å². The van der Waals surface area contributed by atoms with Gasteiger partial charge >= 0.3 is 12.0 Å². The normalized spacial score (nSPS) is 15.4. The number of hydrogen-bond donors (Lipinski definition) is 1. The van der Waals surface area contributed by atoms with Gasteiger partial charge in [0.1, 0.15) is 6.54 Å². The van der Waals surface area contributed by atoms with Crippen molar-refractivity contribution in [3.63, 3.8) is 0 Å². The van der Waals surface area contributed by atoms with Gasteiger partial charge in [-0.2, -0.15) is 0 Å². The Balaban J connectivity index is 2.77. The Labute approximate surface area is 128 Å². The molecular weight excluding hydrogens is 268 g/mol. The minimum absolute atomic E-state index is 0.0984. The van der Waals surface area contributed by atoms with Crippen LogP contribution in [0.3, 0.4) is 0 Å². The number of hydrogen-bond acceptors (Lipinski definition) is 2. The van der Waals surface area contributed by atoms with E-state index in [1.165, 1.54) is 0 Å². The molecule has 1 fully saturated rings. The highest BCUT2D eigenvalue weighted by atomic mass is 16.4. The first kappa shape index (κ1) is 17.8. The Morgan fingerprint density at radius 1 is 1.14 bits per heavy atom. The standard InChI is InChI=1S/C16H30N2O3/c1-4-13(5-2)11-17(6-3)16(21)18(12-15(19)20)14-9-7-8-10-14/h13-14H,4-12H2,1-3H3,(H,19,20). The Morgan fingerprint density at radius 2 is 1.71 bits per heavy atom. The van der Waals surface area contributed by atoms with Gasteiger partial charge in [0.2, 0.25) is 0 Å². The largest absolute Gasteiger partial charge is 0.480 e. The minimum Gasteiger partial charge on any atom is -0.480 e. The Bertz CT molecular complexity index is 336. The van der Waals surface area contributed by atoms with Crippen LogP contribution in [0.5, 0.6) is 0 Å². The van der Waals surface area contributed by atoms with Crippen molar-refractivity contribution in [2.24, 2.45) is 5.92 Å². The molecule has 0 unspecified atom stereocenters. The number of aliphatic carboxylic acids is 1. The van der Waals surface area contributed by atoms with Crippen LogP contribution in [-0.4, -0.2) is 52.6 Å². The molecule has 0 heterocycles. The van der Waals surface area contributed by atoms with Gasteiger partial charge in [-0.15, -0.1) is 0 Å². The van der Waals surface area contributed by atoms with E-state index >= 15 is 0 Å². The molecule has 21 heavy (non-hydrogen) atoms. The monoisotopic (exact) mass is 298 g/mol. The fourth-order valence-electron chi connectivity index (χ4n) is 3.10. The molecule has 0 saturated heterocycles. The van der Waals surface area contributed by atoms with Gasteiger partial charge in [-0.1, -0.05) is 39.5 Å². The zero-order chi connectivity index (χ0) is 15.8. The van der Waals surface area contributed by atoms with Crippen molar-refractivity contribution >= 4 is 12.0 Å². The number of urea groups is 1. The van der Waals surface area contributed by atoms with Crippen LogP contribution in [0, 0.1) is 5.92 Å². The van der Waals surface area contributed by atoms with Gasteiger partial charge in [0.15, 0.2) is 0 Å². The summed E-state index contributed by atoms with van der Waals surface area (Å²) in [4.78, 5) is 27.3. The van der Waals surface area contributed by atoms with E-state index in [1.54, 1.807) is 4.90 Å². The molecule has 0 aromatic carbocycles. The van der Waals surface area contributed by atoms with E-state index < -0.39 is 5.97 Å². The summed E-state index contributed by atoms with van der Waals surface area (Å²) in [5, 5.41) is 9.11. The molecule has 5 nitrogen and oxygen atoms in total. The lowest BCUT2D eigenvalue weighted by atomic mass is 10.0. The number of carbonyl (C=O) groups excluding carboxylic acids is 1. The molecule has 1 rings (SSSR count). The number of carboxylic acid groups (broad SMARTS) is 1. The van der Waals surface area contributed by atoms with Crippen LogP contribution in [-0.2, 0) is 4.79 Å². The Hall–Kier alpha value is -1.26. The molecule has 0 atom stereocenters. The number of nitrogens with zero attached hydrogens (tertiary/aromatic N) is 2. The zero-order valence-corrected chi connectivity index (χ0v) is 13.7. The van der Waals surface area contributed by atoms with Crippen molar-refractivity contribution in [2.45, 2.75) is 65.3 Å². The summed E-state index contributed by atoms with van der Waals surface area (Å²) in [6, 6.07) is 0.00283. The molecular formula is C16H30N2O3. The highest BCUT2D eigenvalue weighted by Crippen LogP contribution is 2.24. The smallest absolute Gasteiger partial charge is 0.323 e. The first-order chi connectivity index (χ1) is 10.0. The van der Waals surface area contributed by atoms with Crippen LogP contribution in [0.1, 0.15) is 59.3 Å². The Kier molecular flexibility index (Phi) is 7.54. The lowest BCUT2D eigenvalue weighted by Gasteiger charge is -2.34. The Morgan fingerprint density at radius 3 is 2.14 bits per heavy atom. The second kappa shape index (κ2) is 8.90. The van der Waals surface area contributed by atoms with E-state index in [0.717, 1.165) is 45.1 Å². The molecule has 1 N–H and O–H groups in total. The summed E-state index contributed by atoms with van der Waals surface area (Å²) in [5.41, 5.74) is 0. The van der Waals surface area contributed by atoms with E-state index in [4.69, 9.17) is 5.11 Å².